The van der Waals surface area contributed by atoms with Crippen LogP contribution in [-0.2, 0) is 4.84 Å². The van der Waals surface area contributed by atoms with E-state index in [1.165, 1.54) is 0 Å². The number of rotatable bonds is 4. The van der Waals surface area contributed by atoms with Crippen molar-refractivity contribution in [3.05, 3.63) is 105 Å². The standard InChI is InChI=1S/C24H22N4O4/c1-14-9-11-17(12-10-14)21-20(24-22(28(29)30)16(3)26-31-24)23(18-7-5-4-6-8-18)27-19(25-21)13-15(2)32-27/h4-13,20-21,23H,1-3H3/t20-,21+,23+/m1/s1. The molecule has 162 valence electrons. The molecule has 0 fully saturated rings. The third-order valence-corrected chi connectivity index (χ3v) is 5.91. The van der Waals surface area contributed by atoms with Crippen LogP contribution >= 0.6 is 0 Å². The molecule has 0 saturated heterocycles. The van der Waals surface area contributed by atoms with Crippen LogP contribution in [0.15, 0.2) is 75.9 Å². The summed E-state index contributed by atoms with van der Waals surface area (Å²) in [5.41, 5.74) is 3.13. The number of amidine groups is 1. The van der Waals surface area contributed by atoms with Gasteiger partial charge in [-0.2, -0.15) is 5.06 Å². The van der Waals surface area contributed by atoms with Crippen molar-refractivity contribution in [3.8, 4) is 0 Å². The van der Waals surface area contributed by atoms with Crippen molar-refractivity contribution in [3.63, 3.8) is 0 Å². The Morgan fingerprint density at radius 1 is 1.00 bits per heavy atom. The van der Waals surface area contributed by atoms with Crippen LogP contribution in [0.1, 0.15) is 53.1 Å². The summed E-state index contributed by atoms with van der Waals surface area (Å²) in [7, 11) is 0. The van der Waals surface area contributed by atoms with Gasteiger partial charge in [-0.25, -0.2) is 0 Å². The lowest BCUT2D eigenvalue weighted by molar-refractivity contribution is -0.387. The Balaban J connectivity index is 1.76. The summed E-state index contributed by atoms with van der Waals surface area (Å²) < 4.78 is 5.64. The van der Waals surface area contributed by atoms with Crippen LogP contribution in [0.2, 0.25) is 0 Å². The molecule has 0 bridgehead atoms. The Labute approximate surface area is 184 Å². The van der Waals surface area contributed by atoms with Gasteiger partial charge in [0, 0.05) is 6.08 Å². The van der Waals surface area contributed by atoms with Crippen molar-refractivity contribution in [1.29, 1.82) is 0 Å². The average Bonchev–Trinajstić information content (AvgIpc) is 3.35. The van der Waals surface area contributed by atoms with Gasteiger partial charge in [0.05, 0.1) is 16.9 Å². The number of benzene rings is 2. The van der Waals surface area contributed by atoms with Crippen molar-refractivity contribution in [2.45, 2.75) is 38.8 Å². The van der Waals surface area contributed by atoms with Crippen LogP contribution in [0.5, 0.6) is 0 Å². The summed E-state index contributed by atoms with van der Waals surface area (Å²) in [6, 6.07) is 17.0. The Hall–Kier alpha value is -3.94. The number of allylic oxidation sites excluding steroid dienone is 1. The lowest BCUT2D eigenvalue weighted by Crippen LogP contribution is -2.40. The molecule has 2 aliphatic rings. The average molecular weight is 430 g/mol. The van der Waals surface area contributed by atoms with Gasteiger partial charge in [0.15, 0.2) is 11.5 Å². The van der Waals surface area contributed by atoms with Gasteiger partial charge in [0.2, 0.25) is 5.76 Å². The molecule has 0 N–H and O–H groups in total. The minimum absolute atomic E-state index is 0.115. The van der Waals surface area contributed by atoms with E-state index in [0.29, 0.717) is 11.6 Å². The van der Waals surface area contributed by atoms with E-state index >= 15 is 0 Å². The molecule has 0 spiro atoms. The van der Waals surface area contributed by atoms with Gasteiger partial charge in [0.1, 0.15) is 11.8 Å². The molecule has 8 heteroatoms. The first-order valence-corrected chi connectivity index (χ1v) is 10.4. The van der Waals surface area contributed by atoms with E-state index in [0.717, 1.165) is 16.7 Å². The smallest absolute Gasteiger partial charge is 0.334 e. The van der Waals surface area contributed by atoms with Gasteiger partial charge in [0.25, 0.3) is 0 Å². The number of hydroxylamine groups is 2. The second-order valence-electron chi connectivity index (χ2n) is 8.13. The lowest BCUT2D eigenvalue weighted by Gasteiger charge is -2.40. The van der Waals surface area contributed by atoms with Crippen LogP contribution in [0.25, 0.3) is 0 Å². The number of hydrogen-bond donors (Lipinski definition) is 0. The normalized spacial score (nSPS) is 22.1. The Morgan fingerprint density at radius 2 is 1.72 bits per heavy atom. The summed E-state index contributed by atoms with van der Waals surface area (Å²) in [5, 5.41) is 17.6. The van der Waals surface area contributed by atoms with E-state index < -0.39 is 22.9 Å². The van der Waals surface area contributed by atoms with E-state index in [-0.39, 0.29) is 17.1 Å². The second kappa shape index (κ2) is 7.64. The monoisotopic (exact) mass is 430 g/mol. The Morgan fingerprint density at radius 3 is 2.41 bits per heavy atom. The fraction of sp³-hybridized carbons (Fsp3) is 0.250. The molecule has 5 rings (SSSR count). The Bertz CT molecular complexity index is 1230. The minimum Gasteiger partial charge on any atom is -0.382 e. The van der Waals surface area contributed by atoms with Gasteiger partial charge in [-0.15, -0.1) is 0 Å². The summed E-state index contributed by atoms with van der Waals surface area (Å²) >= 11 is 0. The number of aryl methyl sites for hydroxylation is 2. The molecule has 1 aromatic heterocycles. The van der Waals surface area contributed by atoms with Crippen molar-refractivity contribution < 1.29 is 14.3 Å². The zero-order chi connectivity index (χ0) is 22.4. The van der Waals surface area contributed by atoms with Crippen molar-refractivity contribution in [2.24, 2.45) is 4.99 Å². The molecular formula is C24H22N4O4. The molecule has 3 aromatic rings. The highest BCUT2D eigenvalue weighted by molar-refractivity contribution is 5.95. The maximum absolute atomic E-state index is 12.0. The zero-order valence-electron chi connectivity index (χ0n) is 17.9. The minimum atomic E-state index is -0.537. The largest absolute Gasteiger partial charge is 0.382 e. The second-order valence-corrected chi connectivity index (χ2v) is 8.13. The highest BCUT2D eigenvalue weighted by Crippen LogP contribution is 2.53. The maximum Gasteiger partial charge on any atom is 0.334 e. The molecule has 0 radical (unpaired) electrons. The van der Waals surface area contributed by atoms with Crippen molar-refractivity contribution >= 4 is 11.5 Å². The number of nitro groups is 1. The Kier molecular flexibility index (Phi) is 4.77. The fourth-order valence-electron chi connectivity index (χ4n) is 4.46. The van der Waals surface area contributed by atoms with Crippen LogP contribution in [0, 0.1) is 24.0 Å². The molecule has 0 unspecified atom stereocenters. The summed E-state index contributed by atoms with van der Waals surface area (Å²) in [6.07, 6.45) is 1.88. The van der Waals surface area contributed by atoms with E-state index in [9.17, 15) is 10.1 Å². The van der Waals surface area contributed by atoms with Crippen LogP contribution in [0.4, 0.5) is 5.69 Å². The highest BCUT2D eigenvalue weighted by Gasteiger charge is 2.49. The fourth-order valence-corrected chi connectivity index (χ4v) is 4.46. The zero-order valence-corrected chi connectivity index (χ0v) is 17.9. The number of aromatic nitrogens is 1. The molecule has 2 aliphatic heterocycles. The van der Waals surface area contributed by atoms with E-state index in [2.05, 4.69) is 5.16 Å². The van der Waals surface area contributed by atoms with Crippen LogP contribution in [-0.4, -0.2) is 21.0 Å². The molecule has 0 amide bonds. The quantitative estimate of drug-likeness (QED) is 0.410. The van der Waals surface area contributed by atoms with E-state index in [1.807, 2.05) is 74.5 Å². The summed E-state index contributed by atoms with van der Waals surface area (Å²) in [5.74, 6) is 1.04. The van der Waals surface area contributed by atoms with Gasteiger partial charge in [-0.05, 0) is 31.9 Å². The molecule has 2 aromatic carbocycles. The van der Waals surface area contributed by atoms with Gasteiger partial charge < -0.3 is 9.36 Å². The highest BCUT2D eigenvalue weighted by atomic mass is 16.7. The first-order valence-electron chi connectivity index (χ1n) is 10.4. The summed E-state index contributed by atoms with van der Waals surface area (Å²) in [6.45, 7) is 5.46. The maximum atomic E-state index is 12.0. The predicted molar refractivity (Wildman–Crippen MR) is 118 cm³/mol. The topological polar surface area (TPSA) is 94.0 Å². The first-order chi connectivity index (χ1) is 15.4. The predicted octanol–water partition coefficient (Wildman–Crippen LogP) is 5.33. The van der Waals surface area contributed by atoms with Crippen LogP contribution < -0.4 is 0 Å². The number of hydrogen-bond acceptors (Lipinski definition) is 7. The van der Waals surface area contributed by atoms with Gasteiger partial charge in [-0.1, -0.05) is 65.3 Å². The number of aliphatic imine (C=N–C) groups is 1. The molecule has 32 heavy (non-hydrogen) atoms. The molecule has 8 nitrogen and oxygen atoms in total. The van der Waals surface area contributed by atoms with Crippen LogP contribution in [0.3, 0.4) is 0 Å². The number of fused-ring (bicyclic) bond motifs is 1. The SMILES string of the molecule is CC1=CC2=N[C@@H](c3ccc(C)cc3)[C@@H](c3onc(C)c3[N+](=O)[O-])[C@H](c3ccccc3)N2O1. The molecule has 0 aliphatic carbocycles. The molecule has 3 atom stereocenters. The van der Waals surface area contributed by atoms with E-state index in [4.69, 9.17) is 14.4 Å². The third kappa shape index (κ3) is 3.24. The van der Waals surface area contributed by atoms with E-state index in [1.54, 1.807) is 12.0 Å². The lowest BCUT2D eigenvalue weighted by atomic mass is 9.80. The van der Waals surface area contributed by atoms with Crippen molar-refractivity contribution in [2.75, 3.05) is 0 Å². The van der Waals surface area contributed by atoms with Gasteiger partial charge >= 0.3 is 5.69 Å². The molecular weight excluding hydrogens is 408 g/mol. The number of nitrogens with zero attached hydrogens (tertiary/aromatic N) is 4. The molecule has 3 heterocycles. The van der Waals surface area contributed by atoms with Gasteiger partial charge in [-0.3, -0.25) is 15.1 Å². The van der Waals surface area contributed by atoms with Crippen molar-refractivity contribution in [1.82, 2.24) is 10.2 Å². The summed E-state index contributed by atoms with van der Waals surface area (Å²) in [4.78, 5) is 22.5. The first kappa shape index (κ1) is 20.0. The third-order valence-electron chi connectivity index (χ3n) is 5.91. The molecule has 0 saturated carbocycles.